The van der Waals surface area contributed by atoms with Gasteiger partial charge in [0.05, 0.1) is 17.2 Å². The van der Waals surface area contributed by atoms with Crippen molar-refractivity contribution < 1.29 is 21.6 Å². The summed E-state index contributed by atoms with van der Waals surface area (Å²) in [4.78, 5) is 11.0. The number of hydrogen-bond acceptors (Lipinski definition) is 5. The SMILES string of the molecule is CCS(=O)(=O)NCCS(=O)(=O)Nc1cccc(NC(C)=O)c1. The van der Waals surface area contributed by atoms with E-state index in [1.807, 2.05) is 0 Å². The van der Waals surface area contributed by atoms with Gasteiger partial charge in [-0.3, -0.25) is 9.52 Å². The molecule has 0 atom stereocenters. The molecule has 1 rings (SSSR count). The van der Waals surface area contributed by atoms with Crippen LogP contribution in [0.1, 0.15) is 13.8 Å². The normalized spacial score (nSPS) is 11.9. The van der Waals surface area contributed by atoms with Crippen molar-refractivity contribution >= 4 is 37.3 Å². The zero-order valence-electron chi connectivity index (χ0n) is 12.3. The standard InChI is InChI=1S/C12H19N3O5S2/c1-3-21(17,18)13-7-8-22(19,20)15-12-6-4-5-11(9-12)14-10(2)16/h4-6,9,13,15H,3,7-8H2,1-2H3,(H,14,16). The van der Waals surface area contributed by atoms with Crippen molar-refractivity contribution in [3.05, 3.63) is 24.3 Å². The van der Waals surface area contributed by atoms with Gasteiger partial charge >= 0.3 is 0 Å². The Hall–Kier alpha value is -1.65. The van der Waals surface area contributed by atoms with E-state index in [0.29, 0.717) is 5.69 Å². The van der Waals surface area contributed by atoms with Crippen molar-refractivity contribution in [1.82, 2.24) is 4.72 Å². The third-order valence-corrected chi connectivity index (χ3v) is 5.22. The molecule has 0 heterocycles. The molecule has 3 N–H and O–H groups in total. The lowest BCUT2D eigenvalue weighted by atomic mass is 10.3. The van der Waals surface area contributed by atoms with Crippen molar-refractivity contribution in [2.75, 3.05) is 28.1 Å². The summed E-state index contributed by atoms with van der Waals surface area (Å²) in [6, 6.07) is 6.20. The lowest BCUT2D eigenvalue weighted by Crippen LogP contribution is -2.32. The molecule has 0 aliphatic carbocycles. The third kappa shape index (κ3) is 6.87. The van der Waals surface area contributed by atoms with Crippen molar-refractivity contribution in [2.45, 2.75) is 13.8 Å². The average molecular weight is 349 g/mol. The van der Waals surface area contributed by atoms with E-state index in [9.17, 15) is 21.6 Å². The molecule has 0 saturated heterocycles. The highest BCUT2D eigenvalue weighted by Crippen LogP contribution is 2.16. The number of rotatable bonds is 8. The molecular weight excluding hydrogens is 330 g/mol. The number of anilines is 2. The Morgan fingerprint density at radius 3 is 2.32 bits per heavy atom. The van der Waals surface area contributed by atoms with Crippen LogP contribution in [0.2, 0.25) is 0 Å². The highest BCUT2D eigenvalue weighted by Gasteiger charge is 2.13. The summed E-state index contributed by atoms with van der Waals surface area (Å²) in [6.07, 6.45) is 0. The van der Waals surface area contributed by atoms with Gasteiger partial charge in [0.15, 0.2) is 0 Å². The fourth-order valence-electron chi connectivity index (χ4n) is 1.53. The molecule has 10 heteroatoms. The molecule has 0 radical (unpaired) electrons. The highest BCUT2D eigenvalue weighted by atomic mass is 32.2. The van der Waals surface area contributed by atoms with Crippen LogP contribution in [-0.2, 0) is 24.8 Å². The first kappa shape index (κ1) is 18.4. The molecule has 8 nitrogen and oxygen atoms in total. The van der Waals surface area contributed by atoms with E-state index in [-0.39, 0.29) is 23.9 Å². The molecule has 0 aromatic heterocycles. The molecular formula is C12H19N3O5S2. The van der Waals surface area contributed by atoms with Crippen LogP contribution in [0, 0.1) is 0 Å². The Bertz CT molecular complexity index is 729. The highest BCUT2D eigenvalue weighted by molar-refractivity contribution is 7.92. The monoisotopic (exact) mass is 349 g/mol. The van der Waals surface area contributed by atoms with E-state index >= 15 is 0 Å². The minimum absolute atomic E-state index is 0.112. The van der Waals surface area contributed by atoms with Crippen molar-refractivity contribution in [2.24, 2.45) is 0 Å². The maximum atomic E-state index is 11.9. The second-order valence-electron chi connectivity index (χ2n) is 4.48. The number of nitrogens with one attached hydrogen (secondary N) is 3. The Morgan fingerprint density at radius 2 is 1.73 bits per heavy atom. The largest absolute Gasteiger partial charge is 0.326 e. The van der Waals surface area contributed by atoms with Crippen molar-refractivity contribution in [1.29, 1.82) is 0 Å². The van der Waals surface area contributed by atoms with Crippen LogP contribution in [0.25, 0.3) is 0 Å². The molecule has 1 aromatic carbocycles. The van der Waals surface area contributed by atoms with E-state index in [1.165, 1.54) is 26.0 Å². The fraction of sp³-hybridized carbons (Fsp3) is 0.417. The van der Waals surface area contributed by atoms with Gasteiger partial charge in [-0.05, 0) is 25.1 Å². The van der Waals surface area contributed by atoms with Crippen molar-refractivity contribution in [3.8, 4) is 0 Å². The Morgan fingerprint density at radius 1 is 1.09 bits per heavy atom. The number of benzene rings is 1. The van der Waals surface area contributed by atoms with Crippen LogP contribution in [0.15, 0.2) is 24.3 Å². The van der Waals surface area contributed by atoms with Gasteiger partial charge in [0.25, 0.3) is 0 Å². The Kier molecular flexibility index (Phi) is 6.33. The van der Waals surface area contributed by atoms with Gasteiger partial charge < -0.3 is 5.32 Å². The molecule has 0 aliphatic heterocycles. The lowest BCUT2D eigenvalue weighted by Gasteiger charge is -2.10. The fourth-order valence-corrected chi connectivity index (χ4v) is 3.23. The first-order valence-corrected chi connectivity index (χ1v) is 9.79. The van der Waals surface area contributed by atoms with Gasteiger partial charge in [0.1, 0.15) is 0 Å². The number of sulfonamides is 2. The Balaban J connectivity index is 2.66. The van der Waals surface area contributed by atoms with E-state index in [4.69, 9.17) is 0 Å². The first-order valence-electron chi connectivity index (χ1n) is 6.49. The zero-order valence-corrected chi connectivity index (χ0v) is 13.9. The minimum atomic E-state index is -3.70. The Labute approximate surface area is 130 Å². The average Bonchev–Trinajstić information content (AvgIpc) is 2.37. The molecule has 124 valence electrons. The summed E-state index contributed by atoms with van der Waals surface area (Å²) in [7, 11) is -7.12. The topological polar surface area (TPSA) is 121 Å². The van der Waals surface area contributed by atoms with Crippen LogP contribution < -0.4 is 14.8 Å². The van der Waals surface area contributed by atoms with Gasteiger partial charge in [-0.25, -0.2) is 21.6 Å². The predicted octanol–water partition coefficient (Wildman–Crippen LogP) is 0.326. The van der Waals surface area contributed by atoms with Crippen LogP contribution in [0.5, 0.6) is 0 Å². The van der Waals surface area contributed by atoms with Gasteiger partial charge in [0, 0.05) is 19.2 Å². The molecule has 0 unspecified atom stereocenters. The second-order valence-corrected chi connectivity index (χ2v) is 8.42. The summed E-state index contributed by atoms with van der Waals surface area (Å²) >= 11 is 0. The van der Waals surface area contributed by atoms with Crippen LogP contribution in [0.3, 0.4) is 0 Å². The summed E-state index contributed by atoms with van der Waals surface area (Å²) in [5.74, 6) is -0.774. The molecule has 0 bridgehead atoms. The smallest absolute Gasteiger partial charge is 0.234 e. The second kappa shape index (κ2) is 7.56. The number of carbonyl (C=O) groups excluding carboxylic acids is 1. The molecule has 0 spiro atoms. The molecule has 0 fully saturated rings. The summed E-state index contributed by atoms with van der Waals surface area (Å²) in [6.45, 7) is 2.59. The van der Waals surface area contributed by atoms with Crippen molar-refractivity contribution in [3.63, 3.8) is 0 Å². The predicted molar refractivity (Wildman–Crippen MR) is 85.6 cm³/mol. The molecule has 22 heavy (non-hydrogen) atoms. The number of hydrogen-bond donors (Lipinski definition) is 3. The van der Waals surface area contributed by atoms with Gasteiger partial charge in [-0.2, -0.15) is 0 Å². The maximum Gasteiger partial charge on any atom is 0.234 e. The lowest BCUT2D eigenvalue weighted by molar-refractivity contribution is -0.114. The quantitative estimate of drug-likeness (QED) is 0.624. The van der Waals surface area contributed by atoms with E-state index < -0.39 is 25.8 Å². The first-order chi connectivity index (χ1) is 10.1. The van der Waals surface area contributed by atoms with E-state index in [1.54, 1.807) is 12.1 Å². The number of amides is 1. The minimum Gasteiger partial charge on any atom is -0.326 e. The van der Waals surface area contributed by atoms with Crippen LogP contribution in [0.4, 0.5) is 11.4 Å². The van der Waals surface area contributed by atoms with Gasteiger partial charge in [0.2, 0.25) is 26.0 Å². The summed E-state index contributed by atoms with van der Waals surface area (Å²) < 4.78 is 50.7. The maximum absolute atomic E-state index is 11.9. The summed E-state index contributed by atoms with van der Waals surface area (Å²) in [5, 5.41) is 2.54. The molecule has 1 amide bonds. The zero-order chi connectivity index (χ0) is 16.8. The van der Waals surface area contributed by atoms with E-state index in [2.05, 4.69) is 14.8 Å². The van der Waals surface area contributed by atoms with E-state index in [0.717, 1.165) is 0 Å². The molecule has 0 aliphatic rings. The summed E-state index contributed by atoms with van der Waals surface area (Å²) in [5.41, 5.74) is 0.740. The van der Waals surface area contributed by atoms with Crippen LogP contribution >= 0.6 is 0 Å². The molecule has 0 saturated carbocycles. The molecule has 1 aromatic rings. The van der Waals surface area contributed by atoms with Gasteiger partial charge in [-0.1, -0.05) is 6.07 Å². The van der Waals surface area contributed by atoms with Gasteiger partial charge in [-0.15, -0.1) is 0 Å². The number of carbonyl (C=O) groups is 1. The van der Waals surface area contributed by atoms with Crippen LogP contribution in [-0.4, -0.2) is 40.8 Å². The third-order valence-electron chi connectivity index (χ3n) is 2.53.